The summed E-state index contributed by atoms with van der Waals surface area (Å²) in [6.45, 7) is 0.460. The molecule has 0 fully saturated rings. The number of aryl methyl sites for hydroxylation is 1. The van der Waals surface area contributed by atoms with E-state index in [9.17, 15) is 14.9 Å². The highest BCUT2D eigenvalue weighted by molar-refractivity contribution is 9.11. The molecule has 0 radical (unpaired) electrons. The Bertz CT molecular complexity index is 821. The Morgan fingerprint density at radius 1 is 1.24 bits per heavy atom. The first-order valence-corrected chi connectivity index (χ1v) is 9.20. The highest BCUT2D eigenvalue weighted by Gasteiger charge is 2.25. The molecular formula is C17H14Br2N2O4. The van der Waals surface area contributed by atoms with Crippen molar-refractivity contribution in [2.45, 2.75) is 12.8 Å². The lowest BCUT2D eigenvalue weighted by Crippen LogP contribution is -2.38. The second-order valence-corrected chi connectivity index (χ2v) is 7.27. The van der Waals surface area contributed by atoms with E-state index in [1.54, 1.807) is 17.0 Å². The first-order valence-electron chi connectivity index (χ1n) is 7.62. The van der Waals surface area contributed by atoms with E-state index in [0.717, 1.165) is 33.0 Å². The molecule has 3 rings (SSSR count). The fraction of sp³-hybridized carbons (Fsp3) is 0.235. The fourth-order valence-electron chi connectivity index (χ4n) is 2.79. The number of fused-ring (bicyclic) bond motifs is 1. The molecule has 6 nitrogen and oxygen atoms in total. The Hall–Kier alpha value is -1.93. The second-order valence-electron chi connectivity index (χ2n) is 5.56. The first kappa shape index (κ1) is 17.9. The van der Waals surface area contributed by atoms with Gasteiger partial charge in [0.25, 0.3) is 11.6 Å². The quantitative estimate of drug-likeness (QED) is 0.488. The number of nitro benzene ring substituents is 1. The standard InChI is InChI=1S/C17H14Br2N2O4/c18-13-4-1-5-14(19)17(13)25-10-16(22)20-8-2-3-11-9-12(21(23)24)6-7-15(11)20/h1,4-7,9H,2-3,8,10H2. The Balaban J connectivity index is 1.77. The van der Waals surface area contributed by atoms with Gasteiger partial charge in [-0.25, -0.2) is 0 Å². The molecular weight excluding hydrogens is 456 g/mol. The highest BCUT2D eigenvalue weighted by atomic mass is 79.9. The molecule has 130 valence electrons. The largest absolute Gasteiger partial charge is 0.481 e. The molecule has 0 aromatic heterocycles. The molecule has 0 aliphatic carbocycles. The normalized spacial score (nSPS) is 13.3. The zero-order valence-corrected chi connectivity index (χ0v) is 16.2. The summed E-state index contributed by atoms with van der Waals surface area (Å²) in [6, 6.07) is 10.1. The summed E-state index contributed by atoms with van der Waals surface area (Å²) in [4.78, 5) is 24.7. The molecule has 2 aromatic carbocycles. The van der Waals surface area contributed by atoms with E-state index in [2.05, 4.69) is 31.9 Å². The van der Waals surface area contributed by atoms with Gasteiger partial charge in [0.05, 0.1) is 13.9 Å². The van der Waals surface area contributed by atoms with Crippen molar-refractivity contribution in [2.24, 2.45) is 0 Å². The van der Waals surface area contributed by atoms with Gasteiger partial charge in [-0.05, 0) is 68.5 Å². The van der Waals surface area contributed by atoms with Crippen LogP contribution in [0.3, 0.4) is 0 Å². The Labute approximate surface area is 161 Å². The van der Waals surface area contributed by atoms with Crippen LogP contribution in [0.1, 0.15) is 12.0 Å². The van der Waals surface area contributed by atoms with E-state index in [1.165, 1.54) is 6.07 Å². The van der Waals surface area contributed by atoms with Gasteiger partial charge in [0.2, 0.25) is 0 Å². The second kappa shape index (κ2) is 7.53. The molecule has 1 amide bonds. The highest BCUT2D eigenvalue weighted by Crippen LogP contribution is 2.34. The Morgan fingerprint density at radius 3 is 2.64 bits per heavy atom. The summed E-state index contributed by atoms with van der Waals surface area (Å²) in [5.41, 5.74) is 1.58. The van der Waals surface area contributed by atoms with Crippen LogP contribution in [0.4, 0.5) is 11.4 Å². The van der Waals surface area contributed by atoms with E-state index in [-0.39, 0.29) is 18.2 Å². The molecule has 2 aromatic rings. The Kier molecular flexibility index (Phi) is 5.39. The van der Waals surface area contributed by atoms with E-state index in [0.29, 0.717) is 12.3 Å². The molecule has 0 N–H and O–H groups in total. The molecule has 8 heteroatoms. The zero-order valence-electron chi connectivity index (χ0n) is 13.1. The number of nitro groups is 1. The van der Waals surface area contributed by atoms with Crippen LogP contribution in [0.25, 0.3) is 0 Å². The lowest BCUT2D eigenvalue weighted by atomic mass is 10.0. The summed E-state index contributed by atoms with van der Waals surface area (Å²) in [7, 11) is 0. The van der Waals surface area contributed by atoms with Crippen molar-refractivity contribution in [2.75, 3.05) is 18.1 Å². The molecule has 0 spiro atoms. The molecule has 0 atom stereocenters. The van der Waals surface area contributed by atoms with Gasteiger partial charge < -0.3 is 9.64 Å². The average Bonchev–Trinajstić information content (AvgIpc) is 2.60. The molecule has 0 saturated carbocycles. The summed E-state index contributed by atoms with van der Waals surface area (Å²) in [6.07, 6.45) is 1.48. The lowest BCUT2D eigenvalue weighted by molar-refractivity contribution is -0.384. The fourth-order valence-corrected chi connectivity index (χ4v) is 4.02. The van der Waals surface area contributed by atoms with Crippen molar-refractivity contribution in [1.29, 1.82) is 0 Å². The van der Waals surface area contributed by atoms with Gasteiger partial charge >= 0.3 is 0 Å². The zero-order chi connectivity index (χ0) is 18.0. The maximum Gasteiger partial charge on any atom is 0.269 e. The van der Waals surface area contributed by atoms with Gasteiger partial charge in [-0.2, -0.15) is 0 Å². The van der Waals surface area contributed by atoms with Gasteiger partial charge in [-0.3, -0.25) is 14.9 Å². The number of non-ortho nitro benzene ring substituents is 1. The number of carbonyl (C=O) groups excluding carboxylic acids is 1. The molecule has 1 aliphatic heterocycles. The minimum atomic E-state index is -0.422. The number of hydrogen-bond donors (Lipinski definition) is 0. The lowest BCUT2D eigenvalue weighted by Gasteiger charge is -2.29. The number of benzene rings is 2. The number of amides is 1. The summed E-state index contributed by atoms with van der Waals surface area (Å²) in [5.74, 6) is 0.384. The van der Waals surface area contributed by atoms with E-state index < -0.39 is 4.92 Å². The van der Waals surface area contributed by atoms with Crippen LogP contribution in [0.15, 0.2) is 45.3 Å². The number of halogens is 2. The van der Waals surface area contributed by atoms with Crippen molar-refractivity contribution >= 4 is 49.1 Å². The average molecular weight is 470 g/mol. The van der Waals surface area contributed by atoms with Crippen LogP contribution < -0.4 is 9.64 Å². The SMILES string of the molecule is O=C(COc1c(Br)cccc1Br)N1CCCc2cc([N+](=O)[O-])ccc21. The smallest absolute Gasteiger partial charge is 0.269 e. The van der Waals surface area contributed by atoms with Gasteiger partial charge in [-0.15, -0.1) is 0 Å². The third kappa shape index (κ3) is 3.85. The number of hydrogen-bond acceptors (Lipinski definition) is 4. The van der Waals surface area contributed by atoms with Gasteiger partial charge in [0.15, 0.2) is 6.61 Å². The van der Waals surface area contributed by atoms with Crippen LogP contribution >= 0.6 is 31.9 Å². The van der Waals surface area contributed by atoms with Gasteiger partial charge in [0, 0.05) is 24.4 Å². The van der Waals surface area contributed by atoms with E-state index in [1.807, 2.05) is 18.2 Å². The first-order chi connectivity index (χ1) is 12.0. The predicted molar refractivity (Wildman–Crippen MR) is 101 cm³/mol. The third-order valence-corrected chi connectivity index (χ3v) is 5.20. The number of para-hydroxylation sites is 1. The molecule has 1 heterocycles. The minimum absolute atomic E-state index is 0.0430. The number of rotatable bonds is 4. The van der Waals surface area contributed by atoms with Crippen molar-refractivity contribution in [3.8, 4) is 5.75 Å². The van der Waals surface area contributed by atoms with Crippen LogP contribution in [-0.2, 0) is 11.2 Å². The van der Waals surface area contributed by atoms with Crippen molar-refractivity contribution < 1.29 is 14.5 Å². The monoisotopic (exact) mass is 468 g/mol. The summed E-state index contributed by atoms with van der Waals surface area (Å²) >= 11 is 6.79. The van der Waals surface area contributed by atoms with Crippen LogP contribution in [0, 0.1) is 10.1 Å². The molecule has 25 heavy (non-hydrogen) atoms. The van der Waals surface area contributed by atoms with Gasteiger partial charge in [0.1, 0.15) is 5.75 Å². The maximum atomic E-state index is 12.6. The predicted octanol–water partition coefficient (Wildman–Crippen LogP) is 4.48. The topological polar surface area (TPSA) is 72.7 Å². The molecule has 0 bridgehead atoms. The molecule has 0 saturated heterocycles. The van der Waals surface area contributed by atoms with Crippen molar-refractivity contribution in [1.82, 2.24) is 0 Å². The molecule has 1 aliphatic rings. The minimum Gasteiger partial charge on any atom is -0.481 e. The van der Waals surface area contributed by atoms with E-state index in [4.69, 9.17) is 4.74 Å². The number of nitrogens with zero attached hydrogens (tertiary/aromatic N) is 2. The number of ether oxygens (including phenoxy) is 1. The van der Waals surface area contributed by atoms with Gasteiger partial charge in [-0.1, -0.05) is 6.07 Å². The van der Waals surface area contributed by atoms with E-state index >= 15 is 0 Å². The number of carbonyl (C=O) groups is 1. The molecule has 0 unspecified atom stereocenters. The summed E-state index contributed by atoms with van der Waals surface area (Å²) in [5, 5.41) is 10.9. The van der Waals surface area contributed by atoms with Crippen molar-refractivity contribution in [3.63, 3.8) is 0 Å². The number of anilines is 1. The van der Waals surface area contributed by atoms with Crippen LogP contribution in [0.2, 0.25) is 0 Å². The Morgan fingerprint density at radius 2 is 1.96 bits per heavy atom. The van der Waals surface area contributed by atoms with Crippen LogP contribution in [-0.4, -0.2) is 24.0 Å². The third-order valence-electron chi connectivity index (χ3n) is 3.95. The maximum absolute atomic E-state index is 12.6. The van der Waals surface area contributed by atoms with Crippen molar-refractivity contribution in [3.05, 3.63) is 61.0 Å². The summed E-state index contributed by atoms with van der Waals surface area (Å²) < 4.78 is 7.17. The van der Waals surface area contributed by atoms with Crippen LogP contribution in [0.5, 0.6) is 5.75 Å².